The number of rotatable bonds is 10. The molecule has 0 aliphatic carbocycles. The molecule has 2 aromatic rings. The van der Waals surface area contributed by atoms with Gasteiger partial charge in [-0.25, -0.2) is 4.18 Å². The van der Waals surface area contributed by atoms with Crippen LogP contribution in [0.2, 0.25) is 0 Å². The predicted molar refractivity (Wildman–Crippen MR) is 100 cm³/mol. The molecule has 1 unspecified atom stereocenters. The van der Waals surface area contributed by atoms with Gasteiger partial charge in [0.05, 0.1) is 13.2 Å². The number of benzene rings is 2. The van der Waals surface area contributed by atoms with Crippen molar-refractivity contribution in [3.05, 3.63) is 71.8 Å². The summed E-state index contributed by atoms with van der Waals surface area (Å²) in [6, 6.07) is 16.8. The van der Waals surface area contributed by atoms with Gasteiger partial charge in [-0.2, -0.15) is 21.6 Å². The summed E-state index contributed by atoms with van der Waals surface area (Å²) >= 11 is 0. The average molecular weight is 452 g/mol. The Balaban J connectivity index is 2.26. The number of hydrogen-bond acceptors (Lipinski definition) is 6. The van der Waals surface area contributed by atoms with Crippen molar-refractivity contribution in [3.63, 3.8) is 0 Å². The summed E-state index contributed by atoms with van der Waals surface area (Å²) < 4.78 is 89.3. The molecule has 0 amide bonds. The van der Waals surface area contributed by atoms with Gasteiger partial charge in [0, 0.05) is 0 Å². The van der Waals surface area contributed by atoms with Crippen molar-refractivity contribution in [1.82, 2.24) is 0 Å². The van der Waals surface area contributed by atoms with Crippen LogP contribution in [0, 0.1) is 0 Å². The summed E-state index contributed by atoms with van der Waals surface area (Å²) in [4.78, 5) is 0. The van der Waals surface area contributed by atoms with E-state index in [1.165, 1.54) is 6.92 Å². The van der Waals surface area contributed by atoms with Gasteiger partial charge >= 0.3 is 23.2 Å². The minimum absolute atomic E-state index is 0.265. The van der Waals surface area contributed by atoms with Crippen LogP contribution in [0.1, 0.15) is 24.5 Å². The smallest absolute Gasteiger partial charge is 0.302 e. The van der Waals surface area contributed by atoms with Crippen molar-refractivity contribution in [1.29, 1.82) is 0 Å². The molecular weight excluding hydrogens is 432 g/mol. The van der Waals surface area contributed by atoms with Crippen molar-refractivity contribution in [2.75, 3.05) is 0 Å². The zero-order valence-corrected chi connectivity index (χ0v) is 17.1. The molecule has 0 bridgehead atoms. The number of halogens is 3. The summed E-state index contributed by atoms with van der Waals surface area (Å²) in [6.07, 6.45) is -0.351. The fraction of sp³-hybridized carbons (Fsp3) is 0.333. The SMILES string of the molecule is CCC(OS(=O)(=O)C(F)(F)F)P(=O)(OCc1ccccc1)OCc1ccccc1. The molecule has 0 N–H and O–H groups in total. The van der Waals surface area contributed by atoms with Gasteiger partial charge < -0.3 is 9.05 Å². The van der Waals surface area contributed by atoms with Gasteiger partial charge in [-0.3, -0.25) is 4.57 Å². The second-order valence-corrected chi connectivity index (χ2v) is 9.65. The predicted octanol–water partition coefficient (Wildman–Crippen LogP) is 5.22. The normalized spacial score (nSPS) is 13.9. The number of hydrogen-bond donors (Lipinski definition) is 0. The fourth-order valence-corrected chi connectivity index (χ4v) is 5.04. The maximum absolute atomic E-state index is 13.3. The molecule has 0 spiro atoms. The van der Waals surface area contributed by atoms with Crippen LogP contribution in [0.4, 0.5) is 13.2 Å². The van der Waals surface area contributed by atoms with Crippen LogP contribution in [0.5, 0.6) is 0 Å². The molecule has 29 heavy (non-hydrogen) atoms. The average Bonchev–Trinajstić information content (AvgIpc) is 2.69. The molecule has 2 rings (SSSR count). The van der Waals surface area contributed by atoms with E-state index in [4.69, 9.17) is 9.05 Å². The second kappa shape index (κ2) is 9.86. The Hall–Kier alpha value is -1.71. The lowest BCUT2D eigenvalue weighted by molar-refractivity contribution is -0.0559. The largest absolute Gasteiger partial charge is 0.523 e. The molecule has 0 saturated carbocycles. The van der Waals surface area contributed by atoms with Crippen LogP contribution in [0.3, 0.4) is 0 Å². The highest BCUT2D eigenvalue weighted by Gasteiger charge is 2.51. The highest BCUT2D eigenvalue weighted by molar-refractivity contribution is 7.87. The maximum atomic E-state index is 13.3. The quantitative estimate of drug-likeness (QED) is 0.280. The van der Waals surface area contributed by atoms with Crippen molar-refractivity contribution in [2.45, 2.75) is 37.9 Å². The molecular formula is C18H20F3O6PS. The van der Waals surface area contributed by atoms with E-state index in [1.54, 1.807) is 60.7 Å². The van der Waals surface area contributed by atoms with Crippen molar-refractivity contribution in [2.24, 2.45) is 0 Å². The summed E-state index contributed by atoms with van der Waals surface area (Å²) in [7, 11) is -10.4. The molecule has 0 saturated heterocycles. The molecule has 0 heterocycles. The minimum Gasteiger partial charge on any atom is -0.302 e. The first-order valence-electron chi connectivity index (χ1n) is 8.53. The third kappa shape index (κ3) is 6.65. The summed E-state index contributed by atoms with van der Waals surface area (Å²) in [6.45, 7) is 0.790. The van der Waals surface area contributed by atoms with E-state index in [0.717, 1.165) is 0 Å². The Bertz CT molecular complexity index is 872. The highest BCUT2D eigenvalue weighted by Crippen LogP contribution is 2.57. The van der Waals surface area contributed by atoms with Crippen LogP contribution < -0.4 is 0 Å². The minimum atomic E-state index is -5.99. The first-order valence-corrected chi connectivity index (χ1v) is 11.6. The standard InChI is InChI=1S/C18H20F3O6PS/c1-2-17(27-29(23,24)18(19,20)21)28(22,25-13-15-9-5-3-6-10-15)26-14-16-11-7-4-8-12-16/h3-12,17H,2,13-14H2,1H3. The lowest BCUT2D eigenvalue weighted by Crippen LogP contribution is -2.30. The van der Waals surface area contributed by atoms with Gasteiger partial charge in [0.15, 0.2) is 5.85 Å². The molecule has 0 fully saturated rings. The number of alkyl halides is 3. The van der Waals surface area contributed by atoms with Gasteiger partial charge in [0.2, 0.25) is 0 Å². The zero-order valence-electron chi connectivity index (χ0n) is 15.4. The van der Waals surface area contributed by atoms with Crippen molar-refractivity contribution in [3.8, 4) is 0 Å². The molecule has 1 atom stereocenters. The van der Waals surface area contributed by atoms with E-state index in [9.17, 15) is 26.2 Å². The van der Waals surface area contributed by atoms with E-state index in [1.807, 2.05) is 0 Å². The molecule has 2 aromatic carbocycles. The first-order chi connectivity index (χ1) is 13.6. The van der Waals surface area contributed by atoms with Gasteiger partial charge in [-0.1, -0.05) is 67.6 Å². The molecule has 0 aromatic heterocycles. The molecule has 0 radical (unpaired) electrons. The van der Waals surface area contributed by atoms with Crippen LogP contribution in [-0.4, -0.2) is 19.8 Å². The zero-order chi connectivity index (χ0) is 21.5. The van der Waals surface area contributed by atoms with E-state index < -0.39 is 29.1 Å². The lowest BCUT2D eigenvalue weighted by Gasteiger charge is -2.26. The van der Waals surface area contributed by atoms with Crippen LogP contribution in [0.25, 0.3) is 0 Å². The van der Waals surface area contributed by atoms with E-state index in [-0.39, 0.29) is 19.6 Å². The third-order valence-electron chi connectivity index (χ3n) is 3.73. The molecule has 0 aliphatic rings. The Morgan fingerprint density at radius 1 is 0.897 bits per heavy atom. The summed E-state index contributed by atoms with van der Waals surface area (Å²) in [5.74, 6) is -1.96. The molecule has 11 heteroatoms. The fourth-order valence-electron chi connectivity index (χ4n) is 2.23. The molecule has 0 aliphatic heterocycles. The molecule has 6 nitrogen and oxygen atoms in total. The van der Waals surface area contributed by atoms with Gasteiger partial charge in [0.25, 0.3) is 0 Å². The van der Waals surface area contributed by atoms with E-state index in [0.29, 0.717) is 11.1 Å². The van der Waals surface area contributed by atoms with Gasteiger partial charge in [-0.15, -0.1) is 0 Å². The Morgan fingerprint density at radius 3 is 1.66 bits per heavy atom. The van der Waals surface area contributed by atoms with Crippen molar-refractivity contribution < 1.29 is 39.4 Å². The maximum Gasteiger partial charge on any atom is 0.523 e. The lowest BCUT2D eigenvalue weighted by atomic mass is 10.2. The summed E-state index contributed by atoms with van der Waals surface area (Å²) in [5.41, 5.74) is -4.52. The van der Waals surface area contributed by atoms with E-state index in [2.05, 4.69) is 4.18 Å². The van der Waals surface area contributed by atoms with Crippen molar-refractivity contribution >= 4 is 17.7 Å². The monoisotopic (exact) mass is 452 g/mol. The Morgan fingerprint density at radius 2 is 1.31 bits per heavy atom. The summed E-state index contributed by atoms with van der Waals surface area (Å²) in [5, 5.41) is 0. The van der Waals surface area contributed by atoms with E-state index >= 15 is 0 Å². The first kappa shape index (κ1) is 23.6. The molecule has 160 valence electrons. The second-order valence-electron chi connectivity index (χ2n) is 5.92. The Kier molecular flexibility index (Phi) is 8.02. The third-order valence-corrected chi connectivity index (χ3v) is 7.08. The topological polar surface area (TPSA) is 78.9 Å². The van der Waals surface area contributed by atoms with Crippen LogP contribution >= 0.6 is 7.60 Å². The van der Waals surface area contributed by atoms with Crippen LogP contribution in [-0.2, 0) is 41.1 Å². The highest BCUT2D eigenvalue weighted by atomic mass is 32.2. The Labute approximate surface area is 167 Å². The van der Waals surface area contributed by atoms with Crippen LogP contribution in [0.15, 0.2) is 60.7 Å². The van der Waals surface area contributed by atoms with Gasteiger partial charge in [0.1, 0.15) is 0 Å². The van der Waals surface area contributed by atoms with Gasteiger partial charge in [-0.05, 0) is 17.5 Å².